The fourth-order valence-electron chi connectivity index (χ4n) is 5.59. The average molecular weight is 627 g/mol. The molecule has 1 aliphatic rings. The Morgan fingerprint density at radius 2 is 1.25 bits per heavy atom. The number of ether oxygens (including phenoxy) is 1. The molecule has 0 amide bonds. The van der Waals surface area contributed by atoms with Crippen molar-refractivity contribution >= 4 is 0 Å². The molecule has 1 nitrogen and oxygen atoms in total. The van der Waals surface area contributed by atoms with Gasteiger partial charge in [0.05, 0.1) is 12.0 Å². The van der Waals surface area contributed by atoms with Gasteiger partial charge >= 0.3 is 12.3 Å². The van der Waals surface area contributed by atoms with Crippen molar-refractivity contribution in [2.75, 3.05) is 0 Å². The van der Waals surface area contributed by atoms with E-state index in [1.54, 1.807) is 0 Å². The van der Waals surface area contributed by atoms with E-state index in [9.17, 15) is 39.5 Å². The van der Waals surface area contributed by atoms with Crippen molar-refractivity contribution in [1.82, 2.24) is 0 Å². The average Bonchev–Trinajstić information content (AvgIpc) is 2.94. The zero-order valence-corrected chi connectivity index (χ0v) is 23.9. The predicted molar refractivity (Wildman–Crippen MR) is 150 cm³/mol. The first-order valence-corrected chi connectivity index (χ1v) is 14.5. The summed E-state index contributed by atoms with van der Waals surface area (Å²) < 4.78 is 129. The minimum Gasteiger partial charge on any atom is -0.432 e. The molecule has 0 bridgehead atoms. The second-order valence-corrected chi connectivity index (χ2v) is 11.2. The highest BCUT2D eigenvalue weighted by atomic mass is 19.4. The summed E-state index contributed by atoms with van der Waals surface area (Å²) in [4.78, 5) is 0. The number of alkyl halides is 5. The van der Waals surface area contributed by atoms with Gasteiger partial charge in [-0.15, -0.1) is 0 Å². The monoisotopic (exact) mass is 626 g/mol. The normalized spacial score (nSPS) is 17.2. The Hall–Kier alpha value is -3.61. The fraction of sp³-hybridized carbons (Fsp3) is 0.412. The van der Waals surface area contributed by atoms with Gasteiger partial charge in [-0.25, -0.2) is 17.6 Å². The second-order valence-electron chi connectivity index (χ2n) is 11.2. The van der Waals surface area contributed by atoms with Crippen LogP contribution in [0.25, 0.3) is 22.3 Å². The summed E-state index contributed by atoms with van der Waals surface area (Å²) in [5.74, 6) is -2.18. The molecule has 3 aromatic carbocycles. The molecule has 4 rings (SSSR count). The van der Waals surface area contributed by atoms with E-state index in [0.717, 1.165) is 68.4 Å². The third-order valence-corrected chi connectivity index (χ3v) is 7.95. The van der Waals surface area contributed by atoms with Gasteiger partial charge in [-0.1, -0.05) is 69.9 Å². The third-order valence-electron chi connectivity index (χ3n) is 7.95. The van der Waals surface area contributed by atoms with Gasteiger partial charge in [0.1, 0.15) is 29.0 Å². The summed E-state index contributed by atoms with van der Waals surface area (Å²) >= 11 is 0. The number of halogens is 9. The van der Waals surface area contributed by atoms with Crippen molar-refractivity contribution in [1.29, 1.82) is 0 Å². The van der Waals surface area contributed by atoms with E-state index in [1.165, 1.54) is 24.8 Å². The number of unbranched alkanes of at least 4 members (excludes halogenated alkanes) is 1. The molecule has 0 atom stereocenters. The highest BCUT2D eigenvalue weighted by Crippen LogP contribution is 2.38. The van der Waals surface area contributed by atoms with Crippen LogP contribution in [0.15, 0.2) is 48.5 Å². The molecule has 0 unspecified atom stereocenters. The van der Waals surface area contributed by atoms with E-state index in [0.29, 0.717) is 24.5 Å². The Balaban J connectivity index is 1.41. The van der Waals surface area contributed by atoms with E-state index in [4.69, 9.17) is 4.74 Å². The van der Waals surface area contributed by atoms with E-state index < -0.39 is 53.3 Å². The summed E-state index contributed by atoms with van der Waals surface area (Å²) in [6.07, 6.45) is -1.23. The maximum absolute atomic E-state index is 15.0. The van der Waals surface area contributed by atoms with Crippen molar-refractivity contribution in [2.45, 2.75) is 77.0 Å². The van der Waals surface area contributed by atoms with Gasteiger partial charge in [0.25, 0.3) is 0 Å². The molecule has 1 fully saturated rings. The first kappa shape index (κ1) is 33.3. The van der Waals surface area contributed by atoms with Crippen molar-refractivity contribution in [3.63, 3.8) is 0 Å². The van der Waals surface area contributed by atoms with Gasteiger partial charge in [-0.05, 0) is 59.7 Å². The molecule has 0 aromatic heterocycles. The standard InChI is InChI=1S/C34H31F9O/c1-2-3-4-21-5-7-22(8-6-21)13-16-34(42,43)44-25-10-12-26(32(38)20-25)23-9-11-27(29(35)17-23)24-18-30(36)28(31(37)19-24)14-15-33(39,40)41/h9-12,17-22H,2-8,13,16H2,1H3. The van der Waals surface area contributed by atoms with E-state index in [1.807, 2.05) is 0 Å². The predicted octanol–water partition coefficient (Wildman–Crippen LogP) is 11.2. The lowest BCUT2D eigenvalue weighted by Crippen LogP contribution is -2.26. The summed E-state index contributed by atoms with van der Waals surface area (Å²) in [6, 6.07) is 7.57. The van der Waals surface area contributed by atoms with Crippen LogP contribution in [0.4, 0.5) is 39.5 Å². The lowest BCUT2D eigenvalue weighted by atomic mass is 9.78. The van der Waals surface area contributed by atoms with Gasteiger partial charge in [-0.2, -0.15) is 22.0 Å². The quantitative estimate of drug-likeness (QED) is 0.161. The lowest BCUT2D eigenvalue weighted by molar-refractivity contribution is -0.183. The molecule has 3 aromatic rings. The zero-order valence-electron chi connectivity index (χ0n) is 23.9. The first-order chi connectivity index (χ1) is 20.7. The minimum atomic E-state index is -4.97. The Kier molecular flexibility index (Phi) is 10.6. The third kappa shape index (κ3) is 8.96. The fourth-order valence-corrected chi connectivity index (χ4v) is 5.59. The highest BCUT2D eigenvalue weighted by molar-refractivity contribution is 5.72. The SMILES string of the molecule is CCCCC1CCC(CCC(F)(F)Oc2ccc(-c3ccc(-c4cc(F)c(C#CC(F)(F)F)c(F)c4)c(F)c3)c(F)c2)CC1. The smallest absolute Gasteiger partial charge is 0.432 e. The molecule has 0 spiro atoms. The summed E-state index contributed by atoms with van der Waals surface area (Å²) in [7, 11) is 0. The van der Waals surface area contributed by atoms with Gasteiger partial charge < -0.3 is 4.74 Å². The van der Waals surface area contributed by atoms with E-state index in [-0.39, 0.29) is 28.2 Å². The largest absolute Gasteiger partial charge is 0.458 e. The lowest BCUT2D eigenvalue weighted by Gasteiger charge is -2.29. The molecule has 1 saturated carbocycles. The van der Waals surface area contributed by atoms with Gasteiger partial charge in [0, 0.05) is 23.1 Å². The maximum atomic E-state index is 15.0. The molecular formula is C34H31F9O. The van der Waals surface area contributed by atoms with Crippen LogP contribution < -0.4 is 4.74 Å². The molecule has 0 heterocycles. The van der Waals surface area contributed by atoms with Gasteiger partial charge in [0.2, 0.25) is 0 Å². The molecule has 0 radical (unpaired) electrons. The van der Waals surface area contributed by atoms with Crippen LogP contribution in [-0.4, -0.2) is 12.3 Å². The molecule has 0 saturated heterocycles. The van der Waals surface area contributed by atoms with Crippen LogP contribution in [0, 0.1) is 46.9 Å². The summed E-state index contributed by atoms with van der Waals surface area (Å²) in [5.41, 5.74) is -1.89. The topological polar surface area (TPSA) is 9.23 Å². The molecule has 236 valence electrons. The number of hydrogen-bond donors (Lipinski definition) is 0. The molecule has 0 aliphatic heterocycles. The highest BCUT2D eigenvalue weighted by Gasteiger charge is 2.33. The van der Waals surface area contributed by atoms with E-state index >= 15 is 0 Å². The van der Waals surface area contributed by atoms with Crippen molar-refractivity contribution in [2.24, 2.45) is 11.8 Å². The molecule has 44 heavy (non-hydrogen) atoms. The summed E-state index contributed by atoms with van der Waals surface area (Å²) in [6.45, 7) is 2.15. The van der Waals surface area contributed by atoms with Crippen molar-refractivity contribution < 1.29 is 44.3 Å². The Morgan fingerprint density at radius 1 is 0.705 bits per heavy atom. The molecule has 1 aliphatic carbocycles. The van der Waals surface area contributed by atoms with Crippen LogP contribution >= 0.6 is 0 Å². The Bertz CT molecular complexity index is 1490. The van der Waals surface area contributed by atoms with Gasteiger partial charge in [0.15, 0.2) is 0 Å². The van der Waals surface area contributed by atoms with E-state index in [2.05, 4.69) is 6.92 Å². The summed E-state index contributed by atoms with van der Waals surface area (Å²) in [5, 5.41) is 0. The van der Waals surface area contributed by atoms with Crippen LogP contribution in [0.3, 0.4) is 0 Å². The van der Waals surface area contributed by atoms with Crippen LogP contribution in [0.2, 0.25) is 0 Å². The second kappa shape index (κ2) is 14.0. The van der Waals surface area contributed by atoms with Crippen LogP contribution in [-0.2, 0) is 0 Å². The number of benzene rings is 3. The maximum Gasteiger partial charge on any atom is 0.458 e. The number of rotatable bonds is 10. The van der Waals surface area contributed by atoms with Crippen LogP contribution in [0.1, 0.15) is 70.3 Å². The van der Waals surface area contributed by atoms with Crippen molar-refractivity contribution in [3.05, 3.63) is 77.4 Å². The zero-order chi connectivity index (χ0) is 32.1. The minimum absolute atomic E-state index is 0.00482. The Labute approximate surface area is 250 Å². The molecular weight excluding hydrogens is 595 g/mol. The number of hydrogen-bond acceptors (Lipinski definition) is 1. The first-order valence-electron chi connectivity index (χ1n) is 14.5. The molecule has 10 heteroatoms. The molecule has 0 N–H and O–H groups in total. The van der Waals surface area contributed by atoms with Crippen LogP contribution in [0.5, 0.6) is 5.75 Å². The Morgan fingerprint density at radius 3 is 1.82 bits per heavy atom. The van der Waals surface area contributed by atoms with Gasteiger partial charge in [-0.3, -0.25) is 0 Å². The van der Waals surface area contributed by atoms with Crippen molar-refractivity contribution in [3.8, 4) is 39.8 Å².